The summed E-state index contributed by atoms with van der Waals surface area (Å²) in [5.74, 6) is 1.15. The number of hydrogen-bond donors (Lipinski definition) is 1. The number of fused-ring (bicyclic) bond motifs is 1. The molecule has 2 fully saturated rings. The Morgan fingerprint density at radius 3 is 2.19 bits per heavy atom. The minimum atomic E-state index is -0.362. The molecule has 2 saturated heterocycles. The molecule has 6 heteroatoms. The predicted octanol–water partition coefficient (Wildman–Crippen LogP) is 1.38. The highest BCUT2D eigenvalue weighted by atomic mass is 16.7. The predicted molar refractivity (Wildman–Crippen MR) is 77.9 cm³/mol. The van der Waals surface area contributed by atoms with E-state index in [1.165, 1.54) is 0 Å². The Hall–Kier alpha value is -1.66. The van der Waals surface area contributed by atoms with E-state index in [-0.39, 0.29) is 5.79 Å². The van der Waals surface area contributed by atoms with Crippen molar-refractivity contribution in [1.29, 1.82) is 0 Å². The van der Waals surface area contributed by atoms with Crippen LogP contribution in [-0.2, 0) is 9.47 Å². The van der Waals surface area contributed by atoms with Crippen molar-refractivity contribution in [2.24, 2.45) is 0 Å². The molecule has 0 aliphatic carbocycles. The van der Waals surface area contributed by atoms with Gasteiger partial charge >= 0.3 is 0 Å². The minimum Gasteiger partial charge on any atom is -0.486 e. The number of nitrogens with zero attached hydrogens (tertiary/aromatic N) is 1. The van der Waals surface area contributed by atoms with Gasteiger partial charge in [0.1, 0.15) is 13.2 Å². The van der Waals surface area contributed by atoms with Crippen LogP contribution in [0.25, 0.3) is 0 Å². The highest BCUT2D eigenvalue weighted by Crippen LogP contribution is 2.41. The summed E-state index contributed by atoms with van der Waals surface area (Å²) in [6.07, 6.45) is 1.72. The number of benzene rings is 1. The summed E-state index contributed by atoms with van der Waals surface area (Å²) >= 11 is 0. The Kier molecular flexibility index (Phi) is 3.08. The van der Waals surface area contributed by atoms with Gasteiger partial charge in [0.15, 0.2) is 17.3 Å². The third-order valence-corrected chi connectivity index (χ3v) is 4.37. The first-order valence-corrected chi connectivity index (χ1v) is 7.48. The lowest BCUT2D eigenvalue weighted by molar-refractivity contribution is -0.169. The van der Waals surface area contributed by atoms with Crippen LogP contribution < -0.4 is 20.1 Å². The second kappa shape index (κ2) is 4.96. The molecule has 0 aromatic heterocycles. The molecule has 0 atom stereocenters. The number of anilines is 2. The maximum absolute atomic E-state index is 6.18. The molecule has 0 amide bonds. The van der Waals surface area contributed by atoms with Crippen LogP contribution in [-0.4, -0.2) is 45.3 Å². The van der Waals surface area contributed by atoms with Gasteiger partial charge in [0.25, 0.3) is 0 Å². The maximum Gasteiger partial charge on any atom is 0.171 e. The molecule has 3 aliphatic rings. The van der Waals surface area contributed by atoms with Crippen molar-refractivity contribution >= 4 is 11.4 Å². The molecular formula is C15H20N2O4. The van der Waals surface area contributed by atoms with E-state index < -0.39 is 0 Å². The van der Waals surface area contributed by atoms with E-state index in [0.29, 0.717) is 26.4 Å². The molecule has 1 aromatic carbocycles. The summed E-state index contributed by atoms with van der Waals surface area (Å²) in [7, 11) is 0. The molecule has 1 spiro atoms. The average molecular weight is 292 g/mol. The SMILES string of the molecule is Nc1cc2c(cc1N1CCC3(CC1)OCCO3)OCCO2. The number of rotatable bonds is 1. The molecule has 1 aromatic rings. The van der Waals surface area contributed by atoms with Crippen LogP contribution >= 0.6 is 0 Å². The van der Waals surface area contributed by atoms with E-state index in [2.05, 4.69) is 4.90 Å². The topological polar surface area (TPSA) is 66.2 Å². The number of hydrogen-bond acceptors (Lipinski definition) is 6. The highest BCUT2D eigenvalue weighted by Gasteiger charge is 2.40. The van der Waals surface area contributed by atoms with E-state index in [0.717, 1.165) is 48.8 Å². The second-order valence-electron chi connectivity index (χ2n) is 5.65. The second-order valence-corrected chi connectivity index (χ2v) is 5.65. The summed E-state index contributed by atoms with van der Waals surface area (Å²) in [5, 5.41) is 0. The van der Waals surface area contributed by atoms with Gasteiger partial charge in [-0.2, -0.15) is 0 Å². The molecular weight excluding hydrogens is 272 g/mol. The van der Waals surface area contributed by atoms with Crippen LogP contribution in [0.3, 0.4) is 0 Å². The standard InChI is InChI=1S/C15H20N2O4/c16-11-9-13-14(19-6-5-18-13)10-12(11)17-3-1-15(2-4-17)20-7-8-21-15/h9-10H,1-8,16H2. The van der Waals surface area contributed by atoms with Gasteiger partial charge in [-0.3, -0.25) is 0 Å². The molecule has 0 unspecified atom stereocenters. The van der Waals surface area contributed by atoms with Gasteiger partial charge in [-0.15, -0.1) is 0 Å². The lowest BCUT2D eigenvalue weighted by Gasteiger charge is -2.39. The molecule has 3 heterocycles. The first-order valence-electron chi connectivity index (χ1n) is 7.48. The Morgan fingerprint density at radius 2 is 1.52 bits per heavy atom. The molecule has 2 N–H and O–H groups in total. The molecule has 3 aliphatic heterocycles. The van der Waals surface area contributed by atoms with Crippen LogP contribution in [0.15, 0.2) is 12.1 Å². The van der Waals surface area contributed by atoms with E-state index in [4.69, 9.17) is 24.7 Å². The molecule has 114 valence electrons. The summed E-state index contributed by atoms with van der Waals surface area (Å²) in [5.41, 5.74) is 7.91. The van der Waals surface area contributed by atoms with Crippen molar-refractivity contribution in [1.82, 2.24) is 0 Å². The first-order chi connectivity index (χ1) is 10.3. The van der Waals surface area contributed by atoms with Crippen LogP contribution in [0.5, 0.6) is 11.5 Å². The van der Waals surface area contributed by atoms with Gasteiger partial charge in [0.2, 0.25) is 0 Å². The fraction of sp³-hybridized carbons (Fsp3) is 0.600. The van der Waals surface area contributed by atoms with Crippen molar-refractivity contribution in [3.05, 3.63) is 12.1 Å². The smallest absolute Gasteiger partial charge is 0.171 e. The van der Waals surface area contributed by atoms with Gasteiger partial charge in [-0.25, -0.2) is 0 Å². The average Bonchev–Trinajstić information content (AvgIpc) is 2.96. The summed E-state index contributed by atoms with van der Waals surface area (Å²) in [6, 6.07) is 3.84. The molecule has 0 radical (unpaired) electrons. The Bertz CT molecular complexity index is 533. The number of ether oxygens (including phenoxy) is 4. The van der Waals surface area contributed by atoms with Gasteiger partial charge < -0.3 is 29.6 Å². The summed E-state index contributed by atoms with van der Waals surface area (Å²) in [4.78, 5) is 2.27. The fourth-order valence-corrected chi connectivity index (χ4v) is 3.24. The lowest BCUT2D eigenvalue weighted by Crippen LogP contribution is -2.45. The number of nitrogens with two attached hydrogens (primary N) is 1. The zero-order valence-electron chi connectivity index (χ0n) is 12.0. The fourth-order valence-electron chi connectivity index (χ4n) is 3.24. The zero-order chi connectivity index (χ0) is 14.3. The third-order valence-electron chi connectivity index (χ3n) is 4.37. The number of piperidine rings is 1. The summed E-state index contributed by atoms with van der Waals surface area (Å²) in [6.45, 7) is 4.29. The van der Waals surface area contributed by atoms with E-state index >= 15 is 0 Å². The van der Waals surface area contributed by atoms with Crippen LogP contribution in [0.1, 0.15) is 12.8 Å². The summed E-state index contributed by atoms with van der Waals surface area (Å²) < 4.78 is 22.7. The van der Waals surface area contributed by atoms with Crippen molar-refractivity contribution in [3.63, 3.8) is 0 Å². The third kappa shape index (κ3) is 2.28. The van der Waals surface area contributed by atoms with Crippen LogP contribution in [0.2, 0.25) is 0 Å². The van der Waals surface area contributed by atoms with Gasteiger partial charge in [-0.1, -0.05) is 0 Å². The molecule has 4 rings (SSSR count). The largest absolute Gasteiger partial charge is 0.486 e. The minimum absolute atomic E-state index is 0.362. The Balaban J connectivity index is 1.54. The van der Waals surface area contributed by atoms with Crippen molar-refractivity contribution < 1.29 is 18.9 Å². The molecule has 6 nitrogen and oxygen atoms in total. The quantitative estimate of drug-likeness (QED) is 0.789. The first kappa shape index (κ1) is 13.0. The van der Waals surface area contributed by atoms with Gasteiger partial charge in [0.05, 0.1) is 24.6 Å². The van der Waals surface area contributed by atoms with E-state index in [1.54, 1.807) is 0 Å². The highest BCUT2D eigenvalue weighted by molar-refractivity contribution is 5.73. The van der Waals surface area contributed by atoms with Crippen molar-refractivity contribution in [3.8, 4) is 11.5 Å². The normalized spacial score (nSPS) is 23.5. The Labute approximate surface area is 123 Å². The molecule has 0 bridgehead atoms. The number of nitrogen functional groups attached to an aromatic ring is 1. The van der Waals surface area contributed by atoms with Crippen molar-refractivity contribution in [2.75, 3.05) is 50.2 Å². The van der Waals surface area contributed by atoms with Crippen molar-refractivity contribution in [2.45, 2.75) is 18.6 Å². The zero-order valence-corrected chi connectivity index (χ0v) is 12.0. The van der Waals surface area contributed by atoms with Crippen LogP contribution in [0.4, 0.5) is 11.4 Å². The van der Waals surface area contributed by atoms with Gasteiger partial charge in [-0.05, 0) is 0 Å². The monoisotopic (exact) mass is 292 g/mol. The molecule has 21 heavy (non-hydrogen) atoms. The van der Waals surface area contributed by atoms with Gasteiger partial charge in [0, 0.05) is 38.1 Å². The lowest BCUT2D eigenvalue weighted by atomic mass is 10.0. The molecule has 0 saturated carbocycles. The van der Waals surface area contributed by atoms with E-state index in [9.17, 15) is 0 Å². The van der Waals surface area contributed by atoms with E-state index in [1.807, 2.05) is 12.1 Å². The Morgan fingerprint density at radius 1 is 0.905 bits per heavy atom. The van der Waals surface area contributed by atoms with Crippen LogP contribution in [0, 0.1) is 0 Å². The maximum atomic E-state index is 6.18.